The summed E-state index contributed by atoms with van der Waals surface area (Å²) in [6.45, 7) is 3.66. The van der Waals surface area contributed by atoms with E-state index >= 15 is 0 Å². The first-order valence-corrected chi connectivity index (χ1v) is 7.41. The molecule has 1 atom stereocenters. The fraction of sp³-hybridized carbons (Fsp3) is 0.562. The van der Waals surface area contributed by atoms with Gasteiger partial charge in [0.1, 0.15) is 0 Å². The zero-order valence-electron chi connectivity index (χ0n) is 12.4. The van der Waals surface area contributed by atoms with E-state index in [1.54, 1.807) is 7.11 Å². The lowest BCUT2D eigenvalue weighted by atomic mass is 9.97. The van der Waals surface area contributed by atoms with E-state index in [2.05, 4.69) is 17.6 Å². The molecule has 0 aliphatic carbocycles. The maximum absolute atomic E-state index is 12.5. The van der Waals surface area contributed by atoms with E-state index < -0.39 is 0 Å². The molecule has 1 aliphatic rings. The van der Waals surface area contributed by atoms with Crippen molar-refractivity contribution in [3.8, 4) is 0 Å². The van der Waals surface area contributed by atoms with Gasteiger partial charge in [0, 0.05) is 24.9 Å². The number of ether oxygens (including phenoxy) is 1. The lowest BCUT2D eigenvalue weighted by Gasteiger charge is -2.22. The molecule has 0 saturated carbocycles. The van der Waals surface area contributed by atoms with E-state index in [0.717, 1.165) is 49.0 Å². The lowest BCUT2D eigenvalue weighted by Crippen LogP contribution is -2.38. The number of carbonyl (C=O) groups excluding carboxylic acids is 1. The van der Waals surface area contributed by atoms with Gasteiger partial charge in [-0.3, -0.25) is 4.79 Å². The van der Waals surface area contributed by atoms with Crippen LogP contribution in [0.15, 0.2) is 18.2 Å². The number of benzene rings is 1. The molecule has 2 rings (SSSR count). The first-order valence-electron chi connectivity index (χ1n) is 7.41. The highest BCUT2D eigenvalue weighted by Gasteiger charge is 2.19. The third-order valence-electron chi connectivity index (χ3n) is 3.68. The summed E-state index contributed by atoms with van der Waals surface area (Å²) < 4.78 is 5.18. The van der Waals surface area contributed by atoms with Crippen LogP contribution in [-0.2, 0) is 11.2 Å². The van der Waals surface area contributed by atoms with Gasteiger partial charge in [-0.25, -0.2) is 0 Å². The predicted octanol–water partition coefficient (Wildman–Crippen LogP) is 2.59. The minimum Gasteiger partial charge on any atom is -0.385 e. The summed E-state index contributed by atoms with van der Waals surface area (Å²) in [4.78, 5) is 12.5. The first-order chi connectivity index (χ1) is 9.76. The molecule has 20 heavy (non-hydrogen) atoms. The molecule has 0 fully saturated rings. The summed E-state index contributed by atoms with van der Waals surface area (Å²) in [7, 11) is 1.67. The Morgan fingerprint density at radius 3 is 3.10 bits per heavy atom. The largest absolute Gasteiger partial charge is 0.385 e. The number of methoxy groups -OCH3 is 1. The van der Waals surface area contributed by atoms with Gasteiger partial charge in [-0.2, -0.15) is 0 Å². The van der Waals surface area contributed by atoms with E-state index in [9.17, 15) is 4.79 Å². The van der Waals surface area contributed by atoms with Gasteiger partial charge in [-0.1, -0.05) is 19.4 Å². The highest BCUT2D eigenvalue weighted by molar-refractivity contribution is 5.97. The maximum atomic E-state index is 12.5. The maximum Gasteiger partial charge on any atom is 0.251 e. The zero-order valence-corrected chi connectivity index (χ0v) is 12.4. The van der Waals surface area contributed by atoms with Gasteiger partial charge in [0.2, 0.25) is 0 Å². The fourth-order valence-electron chi connectivity index (χ4n) is 2.73. The Morgan fingerprint density at radius 1 is 1.50 bits per heavy atom. The average molecular weight is 276 g/mol. The molecule has 0 saturated heterocycles. The third-order valence-corrected chi connectivity index (χ3v) is 3.68. The van der Waals surface area contributed by atoms with E-state index in [1.807, 2.05) is 18.2 Å². The fourth-order valence-corrected chi connectivity index (χ4v) is 2.73. The van der Waals surface area contributed by atoms with Gasteiger partial charge >= 0.3 is 0 Å². The van der Waals surface area contributed by atoms with Crippen molar-refractivity contribution in [2.45, 2.75) is 38.6 Å². The van der Waals surface area contributed by atoms with Crippen molar-refractivity contribution in [2.24, 2.45) is 0 Å². The second kappa shape index (κ2) is 7.29. The number of nitrogens with one attached hydrogen (secondary N) is 2. The molecule has 0 aromatic heterocycles. The molecule has 2 N–H and O–H groups in total. The van der Waals surface area contributed by atoms with Crippen LogP contribution in [0.4, 0.5) is 5.69 Å². The van der Waals surface area contributed by atoms with Crippen molar-refractivity contribution in [1.29, 1.82) is 0 Å². The highest BCUT2D eigenvalue weighted by atomic mass is 16.5. The first kappa shape index (κ1) is 14.9. The molecule has 1 unspecified atom stereocenters. The molecule has 1 heterocycles. The van der Waals surface area contributed by atoms with Gasteiger partial charge in [-0.05, 0) is 37.0 Å². The summed E-state index contributed by atoms with van der Waals surface area (Å²) in [6, 6.07) is 5.99. The molecular formula is C16H24N2O2. The van der Waals surface area contributed by atoms with Crippen molar-refractivity contribution >= 4 is 11.6 Å². The molecule has 110 valence electrons. The molecule has 0 bridgehead atoms. The lowest BCUT2D eigenvalue weighted by molar-refractivity contribution is 0.0890. The van der Waals surface area contributed by atoms with Crippen LogP contribution in [0.25, 0.3) is 0 Å². The van der Waals surface area contributed by atoms with Crippen LogP contribution in [0.5, 0.6) is 0 Å². The third kappa shape index (κ3) is 3.51. The van der Waals surface area contributed by atoms with Crippen LogP contribution in [0.3, 0.4) is 0 Å². The van der Waals surface area contributed by atoms with Crippen LogP contribution in [-0.4, -0.2) is 32.2 Å². The molecule has 1 aromatic rings. The molecular weight excluding hydrogens is 252 g/mol. The smallest absolute Gasteiger partial charge is 0.251 e. The number of anilines is 1. The summed E-state index contributed by atoms with van der Waals surface area (Å²) in [5.41, 5.74) is 3.04. The Hall–Kier alpha value is -1.55. The standard InChI is InChI=1S/C16H24N2O2/c1-3-6-12(11-20-2)18-16(19)14-7-4-9-15-13(14)8-5-10-17-15/h4,7,9,12,17H,3,5-6,8,10-11H2,1-2H3,(H,18,19). The monoisotopic (exact) mass is 276 g/mol. The SMILES string of the molecule is CCCC(COC)NC(=O)c1cccc2c1CCCN2. The van der Waals surface area contributed by atoms with Gasteiger partial charge in [0.05, 0.1) is 12.6 Å². The Morgan fingerprint density at radius 2 is 2.35 bits per heavy atom. The van der Waals surface area contributed by atoms with Crippen molar-refractivity contribution in [3.63, 3.8) is 0 Å². The van der Waals surface area contributed by atoms with Crippen molar-refractivity contribution in [3.05, 3.63) is 29.3 Å². The predicted molar refractivity (Wildman–Crippen MR) is 81.3 cm³/mol. The van der Waals surface area contributed by atoms with Crippen molar-refractivity contribution in [2.75, 3.05) is 25.6 Å². The number of fused-ring (bicyclic) bond motifs is 1. The summed E-state index contributed by atoms with van der Waals surface area (Å²) in [5, 5.41) is 6.45. The van der Waals surface area contributed by atoms with E-state index in [-0.39, 0.29) is 11.9 Å². The Bertz CT molecular complexity index is 454. The van der Waals surface area contributed by atoms with E-state index in [0.29, 0.717) is 6.61 Å². The summed E-state index contributed by atoms with van der Waals surface area (Å²) >= 11 is 0. The molecule has 1 aliphatic heterocycles. The normalized spacial score (nSPS) is 15.1. The van der Waals surface area contributed by atoms with Crippen LogP contribution in [0.2, 0.25) is 0 Å². The Labute approximate surface area is 120 Å². The molecule has 0 radical (unpaired) electrons. The van der Waals surface area contributed by atoms with Gasteiger partial charge in [-0.15, -0.1) is 0 Å². The number of amides is 1. The number of carbonyl (C=O) groups is 1. The second-order valence-electron chi connectivity index (χ2n) is 5.28. The van der Waals surface area contributed by atoms with E-state index in [1.165, 1.54) is 0 Å². The second-order valence-corrected chi connectivity index (χ2v) is 5.28. The molecule has 4 nitrogen and oxygen atoms in total. The molecule has 1 aromatic carbocycles. The quantitative estimate of drug-likeness (QED) is 0.839. The van der Waals surface area contributed by atoms with Gasteiger partial charge < -0.3 is 15.4 Å². The molecule has 4 heteroatoms. The minimum atomic E-state index is 0.0149. The van der Waals surface area contributed by atoms with Crippen LogP contribution < -0.4 is 10.6 Å². The van der Waals surface area contributed by atoms with Crippen molar-refractivity contribution in [1.82, 2.24) is 5.32 Å². The minimum absolute atomic E-state index is 0.0149. The van der Waals surface area contributed by atoms with Gasteiger partial charge in [0.25, 0.3) is 5.91 Å². The van der Waals surface area contributed by atoms with Crippen LogP contribution in [0, 0.1) is 0 Å². The Balaban J connectivity index is 2.12. The zero-order chi connectivity index (χ0) is 14.4. The number of hydrogen-bond donors (Lipinski definition) is 2. The number of rotatable bonds is 6. The molecule has 0 spiro atoms. The summed E-state index contributed by atoms with van der Waals surface area (Å²) in [5.74, 6) is 0.0149. The van der Waals surface area contributed by atoms with Crippen molar-refractivity contribution < 1.29 is 9.53 Å². The summed E-state index contributed by atoms with van der Waals surface area (Å²) in [6.07, 6.45) is 4.01. The Kier molecular flexibility index (Phi) is 5.41. The van der Waals surface area contributed by atoms with E-state index in [4.69, 9.17) is 4.74 Å². The topological polar surface area (TPSA) is 50.4 Å². The highest BCUT2D eigenvalue weighted by Crippen LogP contribution is 2.25. The molecule has 1 amide bonds. The average Bonchev–Trinajstić information content (AvgIpc) is 2.47. The number of hydrogen-bond acceptors (Lipinski definition) is 3. The van der Waals surface area contributed by atoms with Crippen LogP contribution >= 0.6 is 0 Å². The van der Waals surface area contributed by atoms with Crippen LogP contribution in [0.1, 0.15) is 42.1 Å². The van der Waals surface area contributed by atoms with Gasteiger partial charge in [0.15, 0.2) is 0 Å².